The van der Waals surface area contributed by atoms with Gasteiger partial charge >= 0.3 is 0 Å². The molecule has 11 nitrogen and oxygen atoms in total. The topological polar surface area (TPSA) is 140 Å². The van der Waals surface area contributed by atoms with Crippen LogP contribution in [0.25, 0.3) is 0 Å². The van der Waals surface area contributed by atoms with Crippen LogP contribution >= 0.6 is 0 Å². The highest BCUT2D eigenvalue weighted by molar-refractivity contribution is 6.07. The number of hydrogen-bond acceptors (Lipinski definition) is 6. The van der Waals surface area contributed by atoms with Crippen LogP contribution in [0.1, 0.15) is 48.3 Å². The van der Waals surface area contributed by atoms with Crippen molar-refractivity contribution in [2.24, 2.45) is 13.0 Å². The van der Waals surface area contributed by atoms with Crippen LogP contribution in [0.3, 0.4) is 0 Å². The largest absolute Gasteiger partial charge is 0.338 e. The maximum absolute atomic E-state index is 14.3. The summed E-state index contributed by atoms with van der Waals surface area (Å²) in [6.45, 7) is 3.84. The number of anilines is 1. The number of amides is 4. The van der Waals surface area contributed by atoms with E-state index in [1.807, 2.05) is 32.0 Å². The number of nitrogens with one attached hydrogen (secondary N) is 2. The van der Waals surface area contributed by atoms with Crippen molar-refractivity contribution >= 4 is 29.3 Å². The average Bonchev–Trinajstić information content (AvgIpc) is 3.71. The second kappa shape index (κ2) is 12.5. The zero-order valence-corrected chi connectivity index (χ0v) is 25.7. The molecule has 2 aliphatic heterocycles. The van der Waals surface area contributed by atoms with Gasteiger partial charge in [0, 0.05) is 45.4 Å². The third-order valence-corrected chi connectivity index (χ3v) is 8.61. The van der Waals surface area contributed by atoms with Crippen LogP contribution in [-0.4, -0.2) is 74.9 Å². The van der Waals surface area contributed by atoms with Crippen LogP contribution in [0.2, 0.25) is 0 Å². The molecule has 1 aromatic heterocycles. The van der Waals surface area contributed by atoms with E-state index in [2.05, 4.69) is 21.8 Å². The molecule has 3 heterocycles. The standard InChI is InChI=1S/C33H36FN7O4/c1-20(2)15-28(31(44)41-19-33(17-23(41)18-35)24-7-5-6-8-25(24)37-32(33)45)40(4)30(43)27(16-21-9-11-22(34)12-10-21)36-29(42)26-13-14-39(3)38-26/h5-14,20,23,27-28H,15-17,19H2,1-4H3,(H,36,42)(H,37,45)/t23-,27?,28-,33-/m0/s1. The molecule has 2 aromatic carbocycles. The van der Waals surface area contributed by atoms with Gasteiger partial charge in [-0.3, -0.25) is 23.9 Å². The van der Waals surface area contributed by atoms with E-state index >= 15 is 0 Å². The van der Waals surface area contributed by atoms with E-state index in [0.29, 0.717) is 11.3 Å². The van der Waals surface area contributed by atoms with Crippen LogP contribution in [0.5, 0.6) is 0 Å². The molecule has 234 valence electrons. The number of carbonyl (C=O) groups excluding carboxylic acids is 4. The van der Waals surface area contributed by atoms with Gasteiger partial charge in [0.05, 0.1) is 11.5 Å². The summed E-state index contributed by atoms with van der Waals surface area (Å²) in [6, 6.07) is 13.6. The number of likely N-dealkylation sites (tertiary alicyclic amines) is 1. The minimum atomic E-state index is -1.11. The Morgan fingerprint density at radius 2 is 1.89 bits per heavy atom. The minimum absolute atomic E-state index is 0.00104. The Labute approximate surface area is 261 Å². The lowest BCUT2D eigenvalue weighted by Crippen LogP contribution is -2.56. The molecule has 1 fully saturated rings. The Balaban J connectivity index is 1.44. The molecular weight excluding hydrogens is 577 g/mol. The second-order valence-electron chi connectivity index (χ2n) is 12.2. The van der Waals surface area contributed by atoms with E-state index < -0.39 is 47.1 Å². The molecule has 2 N–H and O–H groups in total. The van der Waals surface area contributed by atoms with Gasteiger partial charge in [-0.2, -0.15) is 10.4 Å². The Morgan fingerprint density at radius 1 is 1.18 bits per heavy atom. The summed E-state index contributed by atoms with van der Waals surface area (Å²) < 4.78 is 15.1. The number of nitrogens with zero attached hydrogens (tertiary/aromatic N) is 5. The van der Waals surface area contributed by atoms with Crippen molar-refractivity contribution in [3.8, 4) is 6.07 Å². The molecule has 45 heavy (non-hydrogen) atoms. The normalized spacial score (nSPS) is 20.0. The fraction of sp³-hybridized carbons (Fsp3) is 0.394. The minimum Gasteiger partial charge on any atom is -0.338 e. The van der Waals surface area contributed by atoms with Gasteiger partial charge in [-0.15, -0.1) is 0 Å². The molecule has 2 aliphatic rings. The first kappa shape index (κ1) is 31.4. The first-order valence-corrected chi connectivity index (χ1v) is 14.9. The van der Waals surface area contributed by atoms with Gasteiger partial charge in [0.25, 0.3) is 5.91 Å². The van der Waals surface area contributed by atoms with Gasteiger partial charge in [0.2, 0.25) is 17.7 Å². The van der Waals surface area contributed by atoms with Gasteiger partial charge in [-0.1, -0.05) is 44.2 Å². The first-order valence-electron chi connectivity index (χ1n) is 14.9. The lowest BCUT2D eigenvalue weighted by Gasteiger charge is -2.35. The predicted octanol–water partition coefficient (Wildman–Crippen LogP) is 2.79. The maximum atomic E-state index is 14.3. The molecule has 0 radical (unpaired) electrons. The fourth-order valence-electron chi connectivity index (χ4n) is 6.27. The highest BCUT2D eigenvalue weighted by atomic mass is 19.1. The summed E-state index contributed by atoms with van der Waals surface area (Å²) in [5, 5.41) is 19.9. The SMILES string of the molecule is CC(C)C[C@@H](C(=O)N1C[C@]2(C[C@H]1C#N)C(=O)Nc1ccccc12)N(C)C(=O)C(Cc1ccc(F)cc1)NC(=O)c1ccn(C)n1. The van der Waals surface area contributed by atoms with Gasteiger partial charge < -0.3 is 20.4 Å². The maximum Gasteiger partial charge on any atom is 0.272 e. The van der Waals surface area contributed by atoms with E-state index in [-0.39, 0.29) is 43.3 Å². The molecule has 5 rings (SSSR count). The van der Waals surface area contributed by atoms with Crippen LogP contribution in [0, 0.1) is 23.1 Å². The smallest absolute Gasteiger partial charge is 0.272 e. The van der Waals surface area contributed by atoms with Crippen molar-refractivity contribution < 1.29 is 23.6 Å². The Morgan fingerprint density at radius 3 is 2.53 bits per heavy atom. The van der Waals surface area contributed by atoms with E-state index in [0.717, 1.165) is 5.56 Å². The van der Waals surface area contributed by atoms with Crippen LogP contribution in [0.4, 0.5) is 10.1 Å². The number of para-hydroxylation sites is 1. The van der Waals surface area contributed by atoms with Crippen molar-refractivity contribution in [1.29, 1.82) is 5.26 Å². The van der Waals surface area contributed by atoms with E-state index in [9.17, 15) is 28.8 Å². The van der Waals surface area contributed by atoms with E-state index in [1.165, 1.54) is 51.9 Å². The lowest BCUT2D eigenvalue weighted by molar-refractivity contribution is -0.146. The predicted molar refractivity (Wildman–Crippen MR) is 163 cm³/mol. The number of aromatic nitrogens is 2. The molecule has 0 saturated carbocycles. The number of nitriles is 1. The molecule has 12 heteroatoms. The molecule has 3 aromatic rings. The number of hydrogen-bond donors (Lipinski definition) is 2. The number of fused-ring (bicyclic) bond motifs is 2. The third kappa shape index (κ3) is 6.16. The third-order valence-electron chi connectivity index (χ3n) is 8.61. The summed E-state index contributed by atoms with van der Waals surface area (Å²) >= 11 is 0. The Kier molecular flexibility index (Phi) is 8.73. The zero-order valence-electron chi connectivity index (χ0n) is 25.7. The number of benzene rings is 2. The van der Waals surface area contributed by atoms with Gasteiger partial charge in [-0.05, 0) is 47.7 Å². The van der Waals surface area contributed by atoms with Crippen LogP contribution in [0.15, 0.2) is 60.8 Å². The van der Waals surface area contributed by atoms with Crippen LogP contribution in [-0.2, 0) is 33.3 Å². The Hall–Kier alpha value is -5.05. The number of halogens is 1. The zero-order chi connectivity index (χ0) is 32.5. The number of rotatable bonds is 9. The van der Waals surface area contributed by atoms with E-state index in [1.54, 1.807) is 19.3 Å². The summed E-state index contributed by atoms with van der Waals surface area (Å²) in [4.78, 5) is 57.6. The molecule has 1 saturated heterocycles. The van der Waals surface area contributed by atoms with Gasteiger partial charge in [0.1, 0.15) is 29.6 Å². The average molecular weight is 614 g/mol. The molecular formula is C33H36FN7O4. The van der Waals surface area contributed by atoms with E-state index in [4.69, 9.17) is 0 Å². The van der Waals surface area contributed by atoms with Crippen LogP contribution < -0.4 is 10.6 Å². The summed E-state index contributed by atoms with van der Waals surface area (Å²) in [7, 11) is 3.17. The second-order valence-corrected chi connectivity index (χ2v) is 12.2. The van der Waals surface area contributed by atoms with Gasteiger partial charge in [0.15, 0.2) is 0 Å². The summed E-state index contributed by atoms with van der Waals surface area (Å²) in [5.74, 6) is -2.27. The molecule has 4 amide bonds. The summed E-state index contributed by atoms with van der Waals surface area (Å²) in [6.07, 6.45) is 2.06. The van der Waals surface area contributed by atoms with Crippen molar-refractivity contribution in [2.45, 2.75) is 56.7 Å². The molecule has 1 unspecified atom stereocenters. The molecule has 0 bridgehead atoms. The van der Waals surface area contributed by atoms with Crippen molar-refractivity contribution in [1.82, 2.24) is 24.9 Å². The lowest BCUT2D eigenvalue weighted by atomic mass is 9.80. The van der Waals surface area contributed by atoms with Gasteiger partial charge in [-0.25, -0.2) is 4.39 Å². The number of likely N-dealkylation sites (N-methyl/N-ethyl adjacent to an activating group) is 1. The molecule has 4 atom stereocenters. The highest BCUT2D eigenvalue weighted by Gasteiger charge is 2.56. The number of carbonyl (C=O) groups is 4. The quantitative estimate of drug-likeness (QED) is 0.381. The first-order chi connectivity index (χ1) is 21.4. The summed E-state index contributed by atoms with van der Waals surface area (Å²) in [5.41, 5.74) is 1.05. The number of aryl methyl sites for hydroxylation is 1. The van der Waals surface area contributed by atoms with Crippen molar-refractivity contribution in [2.75, 3.05) is 18.9 Å². The molecule has 0 aliphatic carbocycles. The Bertz CT molecular complexity index is 1660. The molecule has 1 spiro atoms. The fourth-order valence-corrected chi connectivity index (χ4v) is 6.27. The van der Waals surface area contributed by atoms with Crippen molar-refractivity contribution in [3.63, 3.8) is 0 Å². The highest BCUT2D eigenvalue weighted by Crippen LogP contribution is 2.46. The monoisotopic (exact) mass is 613 g/mol. The van der Waals surface area contributed by atoms with Crippen molar-refractivity contribution in [3.05, 3.63) is 83.4 Å².